The maximum absolute atomic E-state index is 5.60. The summed E-state index contributed by atoms with van der Waals surface area (Å²) in [4.78, 5) is 4.63. The standard InChI is InChI=1S/C13H14BrN3O2/c1-17-11(4-5-15)16-12(13(17)14)8-2-3-9-10(6-8)19-7-18-9/h2-3,6H,4-5,7,15H2,1H3. The first-order valence-corrected chi connectivity index (χ1v) is 6.81. The molecular formula is C13H14BrN3O2. The molecule has 0 bridgehead atoms. The summed E-state index contributed by atoms with van der Waals surface area (Å²) in [5.74, 6) is 2.50. The SMILES string of the molecule is Cn1c(CCN)nc(-c2ccc3c(c2)OCO3)c1Br. The Morgan fingerprint density at radius 3 is 2.95 bits per heavy atom. The fourth-order valence-electron chi connectivity index (χ4n) is 2.10. The maximum atomic E-state index is 5.60. The molecule has 1 aliphatic heterocycles. The molecule has 5 nitrogen and oxygen atoms in total. The Hall–Kier alpha value is -1.53. The lowest BCUT2D eigenvalue weighted by Crippen LogP contribution is -2.07. The third-order valence-corrected chi connectivity index (χ3v) is 4.04. The van der Waals surface area contributed by atoms with Gasteiger partial charge in [0.2, 0.25) is 6.79 Å². The van der Waals surface area contributed by atoms with Crippen LogP contribution < -0.4 is 15.2 Å². The topological polar surface area (TPSA) is 62.3 Å². The Morgan fingerprint density at radius 1 is 1.37 bits per heavy atom. The molecule has 1 aromatic carbocycles. The number of aromatic nitrogens is 2. The molecule has 100 valence electrons. The molecule has 2 aromatic rings. The van der Waals surface area contributed by atoms with Crippen LogP contribution in [0.15, 0.2) is 22.8 Å². The van der Waals surface area contributed by atoms with Gasteiger partial charge < -0.3 is 19.8 Å². The quantitative estimate of drug-likeness (QED) is 0.939. The average Bonchev–Trinajstić information content (AvgIpc) is 2.98. The van der Waals surface area contributed by atoms with Crippen LogP contribution in [-0.2, 0) is 13.5 Å². The van der Waals surface area contributed by atoms with Crippen LogP contribution in [0.3, 0.4) is 0 Å². The van der Waals surface area contributed by atoms with Crippen molar-refractivity contribution in [2.75, 3.05) is 13.3 Å². The van der Waals surface area contributed by atoms with Crippen LogP contribution in [0.2, 0.25) is 0 Å². The number of benzene rings is 1. The van der Waals surface area contributed by atoms with Gasteiger partial charge in [0.15, 0.2) is 11.5 Å². The minimum Gasteiger partial charge on any atom is -0.454 e. The monoisotopic (exact) mass is 323 g/mol. The van der Waals surface area contributed by atoms with Gasteiger partial charge in [-0.3, -0.25) is 0 Å². The van der Waals surface area contributed by atoms with Gasteiger partial charge in [0.05, 0.1) is 0 Å². The van der Waals surface area contributed by atoms with E-state index in [1.165, 1.54) is 0 Å². The van der Waals surface area contributed by atoms with Crippen LogP contribution in [0.1, 0.15) is 5.82 Å². The number of ether oxygens (including phenoxy) is 2. The second kappa shape index (κ2) is 4.86. The molecule has 2 N–H and O–H groups in total. The summed E-state index contributed by atoms with van der Waals surface area (Å²) in [5, 5.41) is 0. The van der Waals surface area contributed by atoms with Gasteiger partial charge in [0.25, 0.3) is 0 Å². The predicted molar refractivity (Wildman–Crippen MR) is 75.2 cm³/mol. The van der Waals surface area contributed by atoms with Gasteiger partial charge in [0, 0.05) is 19.0 Å². The number of nitrogens with zero attached hydrogens (tertiary/aromatic N) is 2. The number of halogens is 1. The highest BCUT2D eigenvalue weighted by Crippen LogP contribution is 2.37. The van der Waals surface area contributed by atoms with Crippen molar-refractivity contribution in [3.8, 4) is 22.8 Å². The Bertz CT molecular complexity index is 625. The van der Waals surface area contributed by atoms with Gasteiger partial charge in [-0.05, 0) is 40.7 Å². The first-order valence-electron chi connectivity index (χ1n) is 6.02. The number of imidazole rings is 1. The number of nitrogens with two attached hydrogens (primary N) is 1. The summed E-state index contributed by atoms with van der Waals surface area (Å²) in [7, 11) is 1.97. The lowest BCUT2D eigenvalue weighted by molar-refractivity contribution is 0.174. The lowest BCUT2D eigenvalue weighted by Gasteiger charge is -2.01. The second-order valence-electron chi connectivity index (χ2n) is 4.33. The minimum atomic E-state index is 0.278. The van der Waals surface area contributed by atoms with Crippen molar-refractivity contribution < 1.29 is 9.47 Å². The third kappa shape index (κ3) is 2.11. The van der Waals surface area contributed by atoms with Gasteiger partial charge in [0.1, 0.15) is 16.1 Å². The van der Waals surface area contributed by atoms with Crippen molar-refractivity contribution >= 4 is 15.9 Å². The highest BCUT2D eigenvalue weighted by Gasteiger charge is 2.18. The molecule has 0 aliphatic carbocycles. The maximum Gasteiger partial charge on any atom is 0.231 e. The van der Waals surface area contributed by atoms with Gasteiger partial charge in [-0.2, -0.15) is 0 Å². The summed E-state index contributed by atoms with van der Waals surface area (Å²) < 4.78 is 13.7. The van der Waals surface area contributed by atoms with Gasteiger partial charge in [-0.1, -0.05) is 0 Å². The summed E-state index contributed by atoms with van der Waals surface area (Å²) in [6, 6.07) is 5.83. The van der Waals surface area contributed by atoms with Gasteiger partial charge >= 0.3 is 0 Å². The highest BCUT2D eigenvalue weighted by atomic mass is 79.9. The second-order valence-corrected chi connectivity index (χ2v) is 5.08. The van der Waals surface area contributed by atoms with Crippen LogP contribution in [0.4, 0.5) is 0 Å². The van der Waals surface area contributed by atoms with E-state index in [2.05, 4.69) is 20.9 Å². The Labute approximate surface area is 119 Å². The van der Waals surface area contributed by atoms with Crippen molar-refractivity contribution in [3.05, 3.63) is 28.6 Å². The van der Waals surface area contributed by atoms with E-state index < -0.39 is 0 Å². The number of hydrogen-bond donors (Lipinski definition) is 1. The summed E-state index contributed by atoms with van der Waals surface area (Å²) in [5.41, 5.74) is 7.48. The van der Waals surface area contributed by atoms with Crippen molar-refractivity contribution in [1.82, 2.24) is 9.55 Å². The smallest absolute Gasteiger partial charge is 0.231 e. The van der Waals surface area contributed by atoms with Crippen molar-refractivity contribution in [3.63, 3.8) is 0 Å². The molecule has 0 atom stereocenters. The van der Waals surface area contributed by atoms with E-state index in [0.717, 1.165) is 39.6 Å². The van der Waals surface area contributed by atoms with Crippen molar-refractivity contribution in [2.24, 2.45) is 12.8 Å². The van der Waals surface area contributed by atoms with E-state index in [-0.39, 0.29) is 6.79 Å². The Morgan fingerprint density at radius 2 is 2.16 bits per heavy atom. The normalized spacial score (nSPS) is 13.0. The first-order chi connectivity index (χ1) is 9.20. The predicted octanol–water partition coefficient (Wildman–Crippen LogP) is 2.08. The Kier molecular flexibility index (Phi) is 3.20. The molecular weight excluding hydrogens is 310 g/mol. The summed E-state index contributed by atoms with van der Waals surface area (Å²) >= 11 is 3.58. The molecule has 0 saturated heterocycles. The van der Waals surface area contributed by atoms with Crippen LogP contribution in [0, 0.1) is 0 Å². The fraction of sp³-hybridized carbons (Fsp3) is 0.308. The van der Waals surface area contributed by atoms with E-state index in [4.69, 9.17) is 15.2 Å². The zero-order chi connectivity index (χ0) is 13.4. The van der Waals surface area contributed by atoms with Crippen LogP contribution >= 0.6 is 15.9 Å². The van der Waals surface area contributed by atoms with Gasteiger partial charge in [-0.15, -0.1) is 0 Å². The van der Waals surface area contributed by atoms with E-state index in [0.29, 0.717) is 6.54 Å². The highest BCUT2D eigenvalue weighted by molar-refractivity contribution is 9.10. The molecule has 1 aromatic heterocycles. The average molecular weight is 324 g/mol. The molecule has 19 heavy (non-hydrogen) atoms. The molecule has 2 heterocycles. The minimum absolute atomic E-state index is 0.278. The Balaban J connectivity index is 2.04. The summed E-state index contributed by atoms with van der Waals surface area (Å²) in [6.45, 7) is 0.860. The van der Waals surface area contributed by atoms with Crippen molar-refractivity contribution in [2.45, 2.75) is 6.42 Å². The molecule has 0 spiro atoms. The molecule has 0 unspecified atom stereocenters. The third-order valence-electron chi connectivity index (χ3n) is 3.13. The van der Waals surface area contributed by atoms with Crippen LogP contribution in [0.25, 0.3) is 11.3 Å². The molecule has 1 aliphatic rings. The molecule has 0 amide bonds. The largest absolute Gasteiger partial charge is 0.454 e. The number of hydrogen-bond acceptors (Lipinski definition) is 4. The number of rotatable bonds is 3. The summed E-state index contributed by atoms with van der Waals surface area (Å²) in [6.07, 6.45) is 0.750. The fourth-order valence-corrected chi connectivity index (χ4v) is 2.62. The van der Waals surface area contributed by atoms with E-state index in [9.17, 15) is 0 Å². The van der Waals surface area contributed by atoms with E-state index >= 15 is 0 Å². The van der Waals surface area contributed by atoms with Crippen LogP contribution in [-0.4, -0.2) is 22.9 Å². The molecule has 6 heteroatoms. The molecule has 0 saturated carbocycles. The van der Waals surface area contributed by atoms with Gasteiger partial charge in [-0.25, -0.2) is 4.98 Å². The van der Waals surface area contributed by atoms with E-state index in [1.54, 1.807) is 0 Å². The zero-order valence-electron chi connectivity index (χ0n) is 10.5. The first kappa shape index (κ1) is 12.5. The molecule has 3 rings (SSSR count). The van der Waals surface area contributed by atoms with Crippen molar-refractivity contribution in [1.29, 1.82) is 0 Å². The zero-order valence-corrected chi connectivity index (χ0v) is 12.1. The van der Waals surface area contributed by atoms with E-state index in [1.807, 2.05) is 29.8 Å². The lowest BCUT2D eigenvalue weighted by atomic mass is 10.1. The molecule has 0 radical (unpaired) electrons. The van der Waals surface area contributed by atoms with Crippen LogP contribution in [0.5, 0.6) is 11.5 Å². The molecule has 0 fully saturated rings. The number of fused-ring (bicyclic) bond motifs is 1.